The van der Waals surface area contributed by atoms with Crippen LogP contribution < -0.4 is 4.90 Å². The summed E-state index contributed by atoms with van der Waals surface area (Å²) in [7, 11) is 1.07. The molecular formula is C32H35F3INO4. The van der Waals surface area contributed by atoms with E-state index in [1.54, 1.807) is 27.7 Å². The van der Waals surface area contributed by atoms with Gasteiger partial charge >= 0.3 is 18.1 Å². The minimum Gasteiger partial charge on any atom is -0.479 e. The minimum absolute atomic E-state index is 0.0169. The largest absolute Gasteiger partial charge is 0.479 e. The highest BCUT2D eigenvalue weighted by Gasteiger charge is 2.44. The number of alkyl halides is 4. The van der Waals surface area contributed by atoms with E-state index in [2.05, 4.69) is 0 Å². The number of carboxylic acid groups (broad SMARTS) is 1. The van der Waals surface area contributed by atoms with Gasteiger partial charge in [0.2, 0.25) is 0 Å². The summed E-state index contributed by atoms with van der Waals surface area (Å²) in [6.07, 6.45) is -6.67. The van der Waals surface area contributed by atoms with E-state index in [1.807, 2.05) is 86.7 Å². The van der Waals surface area contributed by atoms with Crippen LogP contribution in [0.2, 0.25) is 0 Å². The molecule has 1 unspecified atom stereocenters. The maximum absolute atomic E-state index is 13.8. The zero-order valence-corrected chi connectivity index (χ0v) is 26.8. The summed E-state index contributed by atoms with van der Waals surface area (Å²) in [5.74, 6) is -3.35. The zero-order chi connectivity index (χ0) is 31.2. The van der Waals surface area contributed by atoms with Crippen molar-refractivity contribution in [3.8, 4) is 22.3 Å². The summed E-state index contributed by atoms with van der Waals surface area (Å²) < 4.78 is 46.5. The molecule has 1 N–H and O–H groups in total. The molecule has 3 rings (SSSR count). The van der Waals surface area contributed by atoms with Crippen LogP contribution in [-0.4, -0.2) is 33.8 Å². The SMILES string of the molecule is Cc1ccc(-c2c(C)c(-c3ccc(C)c(C)c3)c(N(C)C(=O)C(F)(F)F)c(C)c2C(OC(C)(C)I)C(=O)O)cc1C. The van der Waals surface area contributed by atoms with Crippen molar-refractivity contribution < 1.29 is 32.6 Å². The van der Waals surface area contributed by atoms with Crippen LogP contribution >= 0.6 is 22.6 Å². The molecule has 0 saturated carbocycles. The number of carboxylic acids is 1. The number of amides is 1. The highest BCUT2D eigenvalue weighted by atomic mass is 127. The van der Waals surface area contributed by atoms with Crippen molar-refractivity contribution in [2.24, 2.45) is 0 Å². The Kier molecular flexibility index (Phi) is 9.34. The molecule has 220 valence electrons. The monoisotopic (exact) mass is 681 g/mol. The van der Waals surface area contributed by atoms with Gasteiger partial charge in [-0.05, 0) is 128 Å². The molecule has 5 nitrogen and oxygen atoms in total. The van der Waals surface area contributed by atoms with Crippen LogP contribution in [0.4, 0.5) is 18.9 Å². The number of nitrogens with zero attached hydrogens (tertiary/aromatic N) is 1. The lowest BCUT2D eigenvalue weighted by atomic mass is 9.81. The molecule has 0 aliphatic heterocycles. The van der Waals surface area contributed by atoms with Crippen LogP contribution in [-0.2, 0) is 14.3 Å². The molecule has 0 bridgehead atoms. The van der Waals surface area contributed by atoms with Crippen molar-refractivity contribution >= 4 is 40.2 Å². The first-order valence-corrected chi connectivity index (χ1v) is 14.1. The summed E-state index contributed by atoms with van der Waals surface area (Å²) in [5.41, 5.74) is 7.13. The van der Waals surface area contributed by atoms with Gasteiger partial charge in [-0.3, -0.25) is 4.79 Å². The fraction of sp³-hybridized carbons (Fsp3) is 0.375. The smallest absolute Gasteiger partial charge is 0.471 e. The van der Waals surface area contributed by atoms with Gasteiger partial charge in [-0.15, -0.1) is 0 Å². The maximum Gasteiger partial charge on any atom is 0.471 e. The molecule has 0 aromatic heterocycles. The Labute approximate surface area is 252 Å². The molecule has 9 heteroatoms. The second-order valence-electron chi connectivity index (χ2n) is 10.9. The van der Waals surface area contributed by atoms with Crippen LogP contribution in [0.15, 0.2) is 36.4 Å². The second kappa shape index (κ2) is 11.8. The number of halogens is 4. The number of ether oxygens (including phenoxy) is 1. The highest BCUT2D eigenvalue weighted by Crippen LogP contribution is 2.49. The van der Waals surface area contributed by atoms with Crippen LogP contribution in [0.3, 0.4) is 0 Å². The van der Waals surface area contributed by atoms with Gasteiger partial charge in [0.15, 0.2) is 6.10 Å². The van der Waals surface area contributed by atoms with E-state index in [4.69, 9.17) is 4.74 Å². The number of aliphatic carboxylic acids is 1. The molecule has 1 atom stereocenters. The van der Waals surface area contributed by atoms with Gasteiger partial charge < -0.3 is 14.7 Å². The third kappa shape index (κ3) is 6.77. The van der Waals surface area contributed by atoms with E-state index in [-0.39, 0.29) is 16.8 Å². The van der Waals surface area contributed by atoms with E-state index < -0.39 is 27.8 Å². The van der Waals surface area contributed by atoms with Crippen molar-refractivity contribution in [2.75, 3.05) is 11.9 Å². The number of carbonyl (C=O) groups is 2. The van der Waals surface area contributed by atoms with Crippen molar-refractivity contribution in [3.63, 3.8) is 0 Å². The Balaban J connectivity index is 2.64. The van der Waals surface area contributed by atoms with Crippen LogP contribution in [0.5, 0.6) is 0 Å². The lowest BCUT2D eigenvalue weighted by Gasteiger charge is -2.33. The molecule has 0 fully saturated rings. The lowest BCUT2D eigenvalue weighted by molar-refractivity contribution is -0.170. The number of aryl methyl sites for hydroxylation is 4. The molecule has 0 aliphatic carbocycles. The quantitative estimate of drug-likeness (QED) is 0.200. The van der Waals surface area contributed by atoms with E-state index in [0.29, 0.717) is 32.7 Å². The molecule has 0 heterocycles. The van der Waals surface area contributed by atoms with Gasteiger partial charge in [-0.2, -0.15) is 13.2 Å². The average molecular weight is 682 g/mol. The number of hydrogen-bond acceptors (Lipinski definition) is 3. The Morgan fingerprint density at radius 3 is 1.68 bits per heavy atom. The van der Waals surface area contributed by atoms with E-state index in [1.165, 1.54) is 0 Å². The minimum atomic E-state index is -5.14. The highest BCUT2D eigenvalue weighted by molar-refractivity contribution is 14.1. The van der Waals surface area contributed by atoms with Crippen molar-refractivity contribution in [2.45, 2.75) is 71.3 Å². The van der Waals surface area contributed by atoms with Crippen LogP contribution in [0, 0.1) is 41.5 Å². The van der Waals surface area contributed by atoms with Crippen LogP contribution in [0.1, 0.15) is 58.9 Å². The number of benzene rings is 3. The number of carbonyl (C=O) groups excluding carboxylic acids is 1. The summed E-state index contributed by atoms with van der Waals surface area (Å²) in [4.78, 5) is 26.0. The van der Waals surface area contributed by atoms with E-state index >= 15 is 0 Å². The van der Waals surface area contributed by atoms with Gasteiger partial charge in [0, 0.05) is 18.2 Å². The maximum atomic E-state index is 13.8. The third-order valence-electron chi connectivity index (χ3n) is 7.37. The van der Waals surface area contributed by atoms with Gasteiger partial charge in [-0.25, -0.2) is 4.79 Å². The molecule has 41 heavy (non-hydrogen) atoms. The van der Waals surface area contributed by atoms with E-state index in [0.717, 1.165) is 29.3 Å². The standard InChI is InChI=1S/C32H35F3INO4/c1-16-10-12-22(14-18(16)3)24-20(5)25(23-13-11-17(2)19(4)15-23)27(37(9)30(40)32(33,34)35)21(6)26(24)28(29(38)39)41-31(7,8)36/h10-15,28H,1-9H3,(H,38,39). The van der Waals surface area contributed by atoms with Crippen LogP contribution in [0.25, 0.3) is 22.3 Å². The van der Waals surface area contributed by atoms with Crippen molar-refractivity contribution in [1.82, 2.24) is 0 Å². The summed E-state index contributed by atoms with van der Waals surface area (Å²) in [6, 6.07) is 11.3. The Morgan fingerprint density at radius 1 is 0.829 bits per heavy atom. The summed E-state index contributed by atoms with van der Waals surface area (Å²) >= 11 is 1.98. The fourth-order valence-corrected chi connectivity index (χ4v) is 5.33. The normalized spacial score (nSPS) is 12.8. The predicted octanol–water partition coefficient (Wildman–Crippen LogP) is 8.71. The first-order valence-electron chi connectivity index (χ1n) is 13.0. The second-order valence-corrected chi connectivity index (χ2v) is 13.5. The van der Waals surface area contributed by atoms with Gasteiger partial charge in [-0.1, -0.05) is 36.4 Å². The average Bonchev–Trinajstić information content (AvgIpc) is 2.85. The van der Waals surface area contributed by atoms with E-state index in [9.17, 15) is 27.9 Å². The Morgan fingerprint density at radius 2 is 1.29 bits per heavy atom. The molecule has 0 spiro atoms. The number of hydrogen-bond donors (Lipinski definition) is 1. The molecule has 1 amide bonds. The summed E-state index contributed by atoms with van der Waals surface area (Å²) in [5, 5.41) is 10.4. The van der Waals surface area contributed by atoms with Gasteiger partial charge in [0.25, 0.3) is 0 Å². The Bertz CT molecular complexity index is 1520. The predicted molar refractivity (Wildman–Crippen MR) is 165 cm³/mol. The van der Waals surface area contributed by atoms with Gasteiger partial charge in [0.1, 0.15) is 3.61 Å². The molecule has 3 aromatic carbocycles. The van der Waals surface area contributed by atoms with Gasteiger partial charge in [0.05, 0.1) is 5.69 Å². The Hall–Kier alpha value is -2.92. The molecule has 0 saturated heterocycles. The molecule has 0 radical (unpaired) electrons. The zero-order valence-electron chi connectivity index (χ0n) is 24.7. The number of anilines is 1. The topological polar surface area (TPSA) is 66.8 Å². The van der Waals surface area contributed by atoms with Crippen molar-refractivity contribution in [3.05, 3.63) is 75.3 Å². The van der Waals surface area contributed by atoms with Crippen molar-refractivity contribution in [1.29, 1.82) is 0 Å². The molecule has 0 aliphatic rings. The fourth-order valence-electron chi connectivity index (χ4n) is 5.08. The molecular weight excluding hydrogens is 646 g/mol. The lowest BCUT2D eigenvalue weighted by Crippen LogP contribution is -2.39. The third-order valence-corrected chi connectivity index (χ3v) is 7.63. The molecule has 3 aromatic rings. The summed E-state index contributed by atoms with van der Waals surface area (Å²) in [6.45, 7) is 14.4. The number of rotatable bonds is 7. The first-order chi connectivity index (χ1) is 18.8. The first kappa shape index (κ1) is 32.6.